The Balaban J connectivity index is 1.95. The molecule has 2 rings (SSSR count). The third kappa shape index (κ3) is 2.20. The van der Waals surface area contributed by atoms with E-state index in [0.29, 0.717) is 12.5 Å². The molecule has 1 fully saturated rings. The van der Waals surface area contributed by atoms with Crippen molar-refractivity contribution < 1.29 is 4.79 Å². The van der Waals surface area contributed by atoms with Gasteiger partial charge in [0.05, 0.1) is 0 Å². The minimum atomic E-state index is 0.255. The van der Waals surface area contributed by atoms with Gasteiger partial charge < -0.3 is 5.32 Å². The van der Waals surface area contributed by atoms with Gasteiger partial charge in [-0.1, -0.05) is 30.3 Å². The van der Waals surface area contributed by atoms with Crippen LogP contribution in [0.4, 0.5) is 0 Å². The van der Waals surface area contributed by atoms with Crippen LogP contribution >= 0.6 is 0 Å². The van der Waals surface area contributed by atoms with Gasteiger partial charge in [-0.25, -0.2) is 0 Å². The predicted octanol–water partition coefficient (Wildman–Crippen LogP) is 2.01. The smallest absolute Gasteiger partial charge is 0.164 e. The number of carbonyl (C=O) groups excluding carboxylic acids is 1. The van der Waals surface area contributed by atoms with E-state index in [1.165, 1.54) is 6.42 Å². The molecule has 1 aliphatic heterocycles. The van der Waals surface area contributed by atoms with Crippen LogP contribution in [0.25, 0.3) is 0 Å². The van der Waals surface area contributed by atoms with E-state index in [2.05, 4.69) is 5.32 Å². The summed E-state index contributed by atoms with van der Waals surface area (Å²) in [6, 6.07) is 9.94. The van der Waals surface area contributed by atoms with Gasteiger partial charge in [-0.15, -0.1) is 0 Å². The maximum absolute atomic E-state index is 11.8. The van der Waals surface area contributed by atoms with Crippen LogP contribution in [0.5, 0.6) is 0 Å². The normalized spacial score (nSPS) is 21.0. The van der Waals surface area contributed by atoms with Crippen LogP contribution in [0, 0.1) is 0 Å². The fourth-order valence-electron chi connectivity index (χ4n) is 1.90. The molecule has 1 aliphatic rings. The molecule has 74 valence electrons. The van der Waals surface area contributed by atoms with Gasteiger partial charge in [0.1, 0.15) is 0 Å². The lowest BCUT2D eigenvalue weighted by Gasteiger charge is -2.08. The molecular formula is C12H15NO. The van der Waals surface area contributed by atoms with Crippen molar-refractivity contribution in [2.75, 3.05) is 6.54 Å². The summed E-state index contributed by atoms with van der Waals surface area (Å²) in [6.45, 7) is 1.06. The first-order valence-corrected chi connectivity index (χ1v) is 5.18. The summed E-state index contributed by atoms with van der Waals surface area (Å²) < 4.78 is 0. The van der Waals surface area contributed by atoms with Gasteiger partial charge in [0.25, 0.3) is 0 Å². The number of carbonyl (C=O) groups is 1. The topological polar surface area (TPSA) is 29.1 Å². The molecule has 1 atom stereocenters. The number of Topliss-reactive ketones (excluding diaryl/α,β-unsaturated/α-hetero) is 1. The predicted molar refractivity (Wildman–Crippen MR) is 56.4 cm³/mol. The van der Waals surface area contributed by atoms with Crippen LogP contribution in [-0.4, -0.2) is 18.4 Å². The average molecular weight is 189 g/mol. The Kier molecular flexibility index (Phi) is 2.94. The van der Waals surface area contributed by atoms with Gasteiger partial charge in [-0.3, -0.25) is 4.79 Å². The van der Waals surface area contributed by atoms with Gasteiger partial charge in [-0.2, -0.15) is 0 Å². The van der Waals surface area contributed by atoms with E-state index in [-0.39, 0.29) is 5.78 Å². The Morgan fingerprint density at radius 3 is 2.79 bits per heavy atom. The maximum Gasteiger partial charge on any atom is 0.164 e. The first kappa shape index (κ1) is 9.41. The van der Waals surface area contributed by atoms with Crippen LogP contribution in [0.2, 0.25) is 0 Å². The lowest BCUT2D eigenvalue weighted by molar-refractivity contribution is 0.0971. The first-order chi connectivity index (χ1) is 6.86. The molecule has 1 heterocycles. The van der Waals surface area contributed by atoms with Gasteiger partial charge in [0.15, 0.2) is 5.78 Å². The number of nitrogens with one attached hydrogen (secondary N) is 1. The van der Waals surface area contributed by atoms with Crippen molar-refractivity contribution in [3.63, 3.8) is 0 Å². The second-order valence-electron chi connectivity index (χ2n) is 3.79. The quantitative estimate of drug-likeness (QED) is 0.737. The van der Waals surface area contributed by atoms with E-state index < -0.39 is 0 Å². The van der Waals surface area contributed by atoms with Crippen LogP contribution in [-0.2, 0) is 0 Å². The standard InChI is InChI=1S/C12H15NO/c14-12(9-11-7-4-8-13-11)10-5-2-1-3-6-10/h1-3,5-6,11,13H,4,7-9H2/t11-/m1/s1. The highest BCUT2D eigenvalue weighted by Gasteiger charge is 2.17. The molecule has 14 heavy (non-hydrogen) atoms. The van der Waals surface area contributed by atoms with Crippen LogP contribution in [0.1, 0.15) is 29.6 Å². The van der Waals surface area contributed by atoms with Gasteiger partial charge in [0, 0.05) is 18.0 Å². The highest BCUT2D eigenvalue weighted by Crippen LogP contribution is 2.12. The molecule has 1 N–H and O–H groups in total. The minimum absolute atomic E-state index is 0.255. The third-order valence-electron chi connectivity index (χ3n) is 2.69. The summed E-state index contributed by atoms with van der Waals surface area (Å²) in [6.07, 6.45) is 2.98. The molecule has 0 spiro atoms. The van der Waals surface area contributed by atoms with E-state index in [1.807, 2.05) is 30.3 Å². The minimum Gasteiger partial charge on any atom is -0.314 e. The summed E-state index contributed by atoms with van der Waals surface area (Å²) in [5, 5.41) is 3.34. The Morgan fingerprint density at radius 2 is 2.14 bits per heavy atom. The second kappa shape index (κ2) is 4.38. The Hall–Kier alpha value is -1.15. The highest BCUT2D eigenvalue weighted by molar-refractivity contribution is 5.96. The zero-order valence-electron chi connectivity index (χ0n) is 8.20. The van der Waals surface area contributed by atoms with Crippen LogP contribution < -0.4 is 5.32 Å². The fourth-order valence-corrected chi connectivity index (χ4v) is 1.90. The van der Waals surface area contributed by atoms with Crippen molar-refractivity contribution in [3.8, 4) is 0 Å². The van der Waals surface area contributed by atoms with E-state index in [0.717, 1.165) is 18.5 Å². The molecule has 0 saturated carbocycles. The van der Waals surface area contributed by atoms with Gasteiger partial charge in [0.2, 0.25) is 0 Å². The molecule has 2 heteroatoms. The molecule has 0 bridgehead atoms. The first-order valence-electron chi connectivity index (χ1n) is 5.18. The summed E-state index contributed by atoms with van der Waals surface area (Å²) >= 11 is 0. The Morgan fingerprint density at radius 1 is 1.36 bits per heavy atom. The van der Waals surface area contributed by atoms with Crippen molar-refractivity contribution in [2.24, 2.45) is 0 Å². The second-order valence-corrected chi connectivity index (χ2v) is 3.79. The van der Waals surface area contributed by atoms with Crippen molar-refractivity contribution in [1.82, 2.24) is 5.32 Å². The third-order valence-corrected chi connectivity index (χ3v) is 2.69. The number of rotatable bonds is 3. The summed E-state index contributed by atoms with van der Waals surface area (Å²) in [5.74, 6) is 0.255. The van der Waals surface area contributed by atoms with Crippen LogP contribution in [0.15, 0.2) is 30.3 Å². The molecule has 0 radical (unpaired) electrons. The van der Waals surface area contributed by atoms with Gasteiger partial charge in [-0.05, 0) is 19.4 Å². The van der Waals surface area contributed by atoms with Crippen molar-refractivity contribution in [1.29, 1.82) is 0 Å². The fraction of sp³-hybridized carbons (Fsp3) is 0.417. The summed E-state index contributed by atoms with van der Waals surface area (Å²) in [5.41, 5.74) is 0.834. The number of benzene rings is 1. The van der Waals surface area contributed by atoms with Crippen LogP contribution in [0.3, 0.4) is 0 Å². The molecule has 0 aliphatic carbocycles. The van der Waals surface area contributed by atoms with E-state index in [4.69, 9.17) is 0 Å². The van der Waals surface area contributed by atoms with Crippen molar-refractivity contribution in [2.45, 2.75) is 25.3 Å². The molecular weight excluding hydrogens is 174 g/mol. The monoisotopic (exact) mass is 189 g/mol. The Labute approximate surface area is 84.3 Å². The summed E-state index contributed by atoms with van der Waals surface area (Å²) in [7, 11) is 0. The van der Waals surface area contributed by atoms with E-state index in [1.54, 1.807) is 0 Å². The number of hydrogen-bond acceptors (Lipinski definition) is 2. The van der Waals surface area contributed by atoms with Gasteiger partial charge >= 0.3 is 0 Å². The zero-order chi connectivity index (χ0) is 9.80. The van der Waals surface area contributed by atoms with Crippen molar-refractivity contribution >= 4 is 5.78 Å². The largest absolute Gasteiger partial charge is 0.314 e. The zero-order valence-corrected chi connectivity index (χ0v) is 8.20. The molecule has 0 amide bonds. The molecule has 1 aromatic rings. The molecule has 1 aromatic carbocycles. The maximum atomic E-state index is 11.8. The lowest BCUT2D eigenvalue weighted by atomic mass is 10.0. The van der Waals surface area contributed by atoms with Crippen molar-refractivity contribution in [3.05, 3.63) is 35.9 Å². The lowest BCUT2D eigenvalue weighted by Crippen LogP contribution is -2.24. The SMILES string of the molecule is O=C(C[C@H]1CCCN1)c1ccccc1. The van der Waals surface area contributed by atoms with E-state index in [9.17, 15) is 4.79 Å². The summed E-state index contributed by atoms with van der Waals surface area (Å²) in [4.78, 5) is 11.8. The Bertz CT molecular complexity index is 301. The average Bonchev–Trinajstić information content (AvgIpc) is 2.72. The number of hydrogen-bond donors (Lipinski definition) is 1. The highest BCUT2D eigenvalue weighted by atomic mass is 16.1. The molecule has 2 nitrogen and oxygen atoms in total. The number of ketones is 1. The molecule has 0 unspecified atom stereocenters. The van der Waals surface area contributed by atoms with E-state index >= 15 is 0 Å². The molecule has 1 saturated heterocycles. The molecule has 0 aromatic heterocycles.